The molecule has 5 aromatic rings. The summed E-state index contributed by atoms with van der Waals surface area (Å²) in [4.78, 5) is 65.2. The summed E-state index contributed by atoms with van der Waals surface area (Å²) in [5, 5.41) is 11.4. The van der Waals surface area contributed by atoms with Crippen molar-refractivity contribution in [3.05, 3.63) is 95.9 Å². The summed E-state index contributed by atoms with van der Waals surface area (Å²) in [6.45, 7) is 5.37. The van der Waals surface area contributed by atoms with Crippen molar-refractivity contribution in [3.63, 3.8) is 0 Å². The first-order valence-corrected chi connectivity index (χ1v) is 19.5. The lowest BCUT2D eigenvalue weighted by atomic mass is 9.94. The number of carbonyl (C=O) groups excluding carboxylic acids is 4. The van der Waals surface area contributed by atoms with E-state index >= 15 is 0 Å². The average molecular weight is 753 g/mol. The first kappa shape index (κ1) is 35.5. The highest BCUT2D eigenvalue weighted by Crippen LogP contribution is 2.35. The van der Waals surface area contributed by atoms with Crippen LogP contribution in [0.1, 0.15) is 71.0 Å². The largest absolute Gasteiger partial charge is 0.371 e. The molecule has 1 unspecified atom stereocenters. The van der Waals surface area contributed by atoms with Gasteiger partial charge in [-0.25, -0.2) is 9.97 Å². The Labute approximate surface area is 324 Å². The van der Waals surface area contributed by atoms with Gasteiger partial charge in [0.15, 0.2) is 0 Å². The Morgan fingerprint density at radius 1 is 0.893 bits per heavy atom. The van der Waals surface area contributed by atoms with Gasteiger partial charge in [0.25, 0.3) is 11.8 Å². The number of fused-ring (bicyclic) bond motifs is 2. The molecule has 4 aliphatic heterocycles. The van der Waals surface area contributed by atoms with Crippen LogP contribution in [-0.4, -0.2) is 91.9 Å². The predicted octanol–water partition coefficient (Wildman–Crippen LogP) is 4.64. The molecule has 6 heterocycles. The van der Waals surface area contributed by atoms with E-state index in [1.54, 1.807) is 11.0 Å². The predicted molar refractivity (Wildman–Crippen MR) is 212 cm³/mol. The van der Waals surface area contributed by atoms with E-state index in [1.165, 1.54) is 6.20 Å². The molecular formula is C42H44N10O4. The number of benzene rings is 3. The van der Waals surface area contributed by atoms with E-state index in [1.807, 2.05) is 54.6 Å². The third-order valence-corrected chi connectivity index (χ3v) is 11.8. The third-order valence-electron chi connectivity index (χ3n) is 11.8. The molecule has 0 radical (unpaired) electrons. The minimum absolute atomic E-state index is 0.0448. The molecule has 4 N–H and O–H groups in total. The van der Waals surface area contributed by atoms with Gasteiger partial charge in [0.1, 0.15) is 11.7 Å². The Morgan fingerprint density at radius 3 is 2.46 bits per heavy atom. The summed E-state index contributed by atoms with van der Waals surface area (Å²) in [6.07, 6.45) is 8.38. The van der Waals surface area contributed by atoms with Gasteiger partial charge in [0.2, 0.25) is 17.8 Å². The van der Waals surface area contributed by atoms with Crippen molar-refractivity contribution in [2.24, 2.45) is 5.92 Å². The highest BCUT2D eigenvalue weighted by Gasteiger charge is 2.39. The average Bonchev–Trinajstić information content (AvgIpc) is 3.78. The van der Waals surface area contributed by atoms with Crippen molar-refractivity contribution < 1.29 is 19.2 Å². The number of nitrogens with zero attached hydrogens (tertiary/aromatic N) is 7. The van der Waals surface area contributed by atoms with Gasteiger partial charge in [-0.3, -0.25) is 29.2 Å². The van der Waals surface area contributed by atoms with Crippen LogP contribution in [0.5, 0.6) is 0 Å². The number of anilines is 3. The third kappa shape index (κ3) is 7.07. The van der Waals surface area contributed by atoms with Gasteiger partial charge in [0.05, 0.1) is 11.6 Å². The van der Waals surface area contributed by atoms with Gasteiger partial charge in [-0.15, -0.1) is 0 Å². The van der Waals surface area contributed by atoms with Gasteiger partial charge in [-0.2, -0.15) is 5.10 Å². The molecule has 9 rings (SSSR count). The summed E-state index contributed by atoms with van der Waals surface area (Å²) < 4.78 is 2.11. The van der Waals surface area contributed by atoms with E-state index in [4.69, 9.17) is 10.8 Å². The topological polar surface area (TPSA) is 172 Å². The molecule has 1 atom stereocenters. The van der Waals surface area contributed by atoms with Gasteiger partial charge < -0.3 is 25.8 Å². The highest BCUT2D eigenvalue weighted by atomic mass is 16.2. The minimum Gasteiger partial charge on any atom is -0.371 e. The SMILES string of the molecule is Nc1nccc(C(=O)Nc2cc3cn(C4CCN(CC5CCN(c6ccc7c(c6)C(=O)N(C6CCC(=O)NC6=O)C7)CC5)CC4)nc3cc2-c2ccccc2)n1. The smallest absolute Gasteiger partial charge is 0.274 e. The fourth-order valence-electron chi connectivity index (χ4n) is 8.77. The highest BCUT2D eigenvalue weighted by molar-refractivity contribution is 6.07. The number of imide groups is 1. The van der Waals surface area contributed by atoms with Crippen LogP contribution >= 0.6 is 0 Å². The van der Waals surface area contributed by atoms with Crippen LogP contribution in [0, 0.1) is 5.92 Å². The summed E-state index contributed by atoms with van der Waals surface area (Å²) in [6, 6.07) is 21.3. The normalized spacial score (nSPS) is 19.7. The van der Waals surface area contributed by atoms with Gasteiger partial charge in [-0.1, -0.05) is 36.4 Å². The Hall–Kier alpha value is -6.15. The van der Waals surface area contributed by atoms with Crippen LogP contribution in [0.3, 0.4) is 0 Å². The number of hydrogen-bond donors (Lipinski definition) is 3. The molecule has 0 bridgehead atoms. The maximum absolute atomic E-state index is 13.4. The van der Waals surface area contributed by atoms with Crippen molar-refractivity contribution in [2.45, 2.75) is 57.2 Å². The fraction of sp³-hybridized carbons (Fsp3) is 0.357. The van der Waals surface area contributed by atoms with Crippen LogP contribution in [0.2, 0.25) is 0 Å². The number of amides is 4. The van der Waals surface area contributed by atoms with Gasteiger partial charge in [-0.05, 0) is 79.5 Å². The van der Waals surface area contributed by atoms with Crippen molar-refractivity contribution in [1.82, 2.24) is 34.9 Å². The number of hydrogen-bond acceptors (Lipinski definition) is 10. The Kier molecular flexibility index (Phi) is 9.41. The molecule has 2 aromatic heterocycles. The van der Waals surface area contributed by atoms with E-state index < -0.39 is 6.04 Å². The van der Waals surface area contributed by atoms with Crippen LogP contribution in [-0.2, 0) is 16.1 Å². The number of carbonyl (C=O) groups is 4. The molecule has 0 aliphatic carbocycles. The molecular weight excluding hydrogens is 709 g/mol. The van der Waals surface area contributed by atoms with E-state index in [0.29, 0.717) is 30.1 Å². The first-order chi connectivity index (χ1) is 27.3. The number of nitrogens with two attached hydrogens (primary N) is 1. The standard InChI is InChI=1S/C42H44N10O4/c43-42-44-15-10-34(46-42)39(54)45-36-20-29-25-52(48-35(29)22-32(36)27-4-2-1-3-5-27)30-13-16-49(17-14-30)23-26-11-18-50(19-12-26)31-7-6-28-24-51(41(56)33(28)21-31)37-8-9-38(53)47-40(37)55/h1-7,10,15,20-22,25-26,30,37H,8-9,11-14,16-19,23-24H2,(H,45,54)(H2,43,44,46)(H,47,53,55). The molecule has 3 aromatic carbocycles. The van der Waals surface area contributed by atoms with E-state index in [0.717, 1.165) is 91.7 Å². The quantitative estimate of drug-likeness (QED) is 0.190. The number of aromatic nitrogens is 4. The van der Waals surface area contributed by atoms with Gasteiger partial charge in [0, 0.05) is 86.0 Å². The maximum Gasteiger partial charge on any atom is 0.274 e. The molecule has 14 nitrogen and oxygen atoms in total. The molecule has 3 saturated heterocycles. The molecule has 14 heteroatoms. The minimum atomic E-state index is -0.601. The Balaban J connectivity index is 0.805. The molecule has 0 spiro atoms. The zero-order chi connectivity index (χ0) is 38.3. The van der Waals surface area contributed by atoms with Crippen molar-refractivity contribution in [3.8, 4) is 11.1 Å². The van der Waals surface area contributed by atoms with Crippen LogP contribution < -0.4 is 21.3 Å². The molecule has 4 amide bonds. The monoisotopic (exact) mass is 752 g/mol. The fourth-order valence-corrected chi connectivity index (χ4v) is 8.77. The molecule has 3 fully saturated rings. The summed E-state index contributed by atoms with van der Waals surface area (Å²) >= 11 is 0. The molecule has 286 valence electrons. The van der Waals surface area contributed by atoms with E-state index in [2.05, 4.69) is 47.3 Å². The van der Waals surface area contributed by atoms with Crippen molar-refractivity contribution in [1.29, 1.82) is 0 Å². The van der Waals surface area contributed by atoms with Crippen molar-refractivity contribution >= 4 is 51.9 Å². The van der Waals surface area contributed by atoms with Crippen LogP contribution in [0.15, 0.2) is 79.1 Å². The van der Waals surface area contributed by atoms with E-state index in [9.17, 15) is 19.2 Å². The lowest BCUT2D eigenvalue weighted by Gasteiger charge is -2.38. The van der Waals surface area contributed by atoms with Crippen molar-refractivity contribution in [2.75, 3.05) is 48.7 Å². The number of rotatable bonds is 8. The number of nitrogen functional groups attached to an aromatic ring is 1. The summed E-state index contributed by atoms with van der Waals surface area (Å²) in [5.74, 6) is -0.498. The molecule has 0 saturated carbocycles. The zero-order valence-electron chi connectivity index (χ0n) is 31.1. The Morgan fingerprint density at radius 2 is 1.70 bits per heavy atom. The number of piperidine rings is 3. The van der Waals surface area contributed by atoms with Crippen LogP contribution in [0.4, 0.5) is 17.3 Å². The molecule has 4 aliphatic rings. The maximum atomic E-state index is 13.4. The summed E-state index contributed by atoms with van der Waals surface area (Å²) in [7, 11) is 0. The van der Waals surface area contributed by atoms with Gasteiger partial charge >= 0.3 is 0 Å². The first-order valence-electron chi connectivity index (χ1n) is 19.5. The lowest BCUT2D eigenvalue weighted by Crippen LogP contribution is -2.52. The molecule has 56 heavy (non-hydrogen) atoms. The second-order valence-electron chi connectivity index (χ2n) is 15.4. The zero-order valence-corrected chi connectivity index (χ0v) is 31.1. The lowest BCUT2D eigenvalue weighted by molar-refractivity contribution is -0.136. The number of likely N-dealkylation sites (tertiary alicyclic amines) is 1. The second kappa shape index (κ2) is 14.8. The summed E-state index contributed by atoms with van der Waals surface area (Å²) in [5.41, 5.74) is 12.0. The second-order valence-corrected chi connectivity index (χ2v) is 15.4. The Bertz CT molecular complexity index is 2330. The van der Waals surface area contributed by atoms with E-state index in [-0.39, 0.29) is 47.7 Å². The number of nitrogens with one attached hydrogen (secondary N) is 2. The van der Waals surface area contributed by atoms with Crippen LogP contribution in [0.25, 0.3) is 22.0 Å².